The fourth-order valence-electron chi connectivity index (χ4n) is 3.98. The molecule has 0 bridgehead atoms. The Kier molecular flexibility index (Phi) is 4.45. The average Bonchev–Trinajstić information content (AvgIpc) is 3.39. The molecule has 4 atom stereocenters. The number of aliphatic hydroxyl groups is 1. The van der Waals surface area contributed by atoms with Gasteiger partial charge in [0.05, 0.1) is 12.9 Å². The Labute approximate surface area is 173 Å². The highest BCUT2D eigenvalue weighted by Crippen LogP contribution is 2.43. The number of hydrogen-bond donors (Lipinski definition) is 2. The van der Waals surface area contributed by atoms with Crippen molar-refractivity contribution in [2.75, 3.05) is 11.9 Å². The average molecular weight is 407 g/mol. The van der Waals surface area contributed by atoms with Gasteiger partial charge in [0.2, 0.25) is 0 Å². The SMILES string of the molecule is C#Cc1cccc(Nc2ncnc3c2ncn3[C@@H]2O[C@H](CO)[C@H]3OC(C)(C)O[C@H]32)c1. The van der Waals surface area contributed by atoms with Gasteiger partial charge in [-0.15, -0.1) is 6.42 Å². The summed E-state index contributed by atoms with van der Waals surface area (Å²) in [5.41, 5.74) is 2.72. The third-order valence-electron chi connectivity index (χ3n) is 5.23. The number of aromatic nitrogens is 4. The van der Waals surface area contributed by atoms with E-state index in [1.54, 1.807) is 10.9 Å². The summed E-state index contributed by atoms with van der Waals surface area (Å²) in [6.45, 7) is 3.52. The molecule has 2 aliphatic rings. The van der Waals surface area contributed by atoms with Gasteiger partial charge in [0, 0.05) is 11.3 Å². The van der Waals surface area contributed by atoms with E-state index in [1.807, 2.05) is 38.1 Å². The lowest BCUT2D eigenvalue weighted by atomic mass is 10.1. The molecule has 0 spiro atoms. The molecule has 0 unspecified atom stereocenters. The number of imidazole rings is 1. The molecule has 0 aliphatic carbocycles. The Morgan fingerprint density at radius 2 is 2.07 bits per heavy atom. The van der Waals surface area contributed by atoms with E-state index in [1.165, 1.54) is 6.33 Å². The standard InChI is InChI=1S/C21H21N5O4/c1-4-12-6-5-7-13(8-12)25-18-15-19(23-10-22-18)26(11-24-15)20-17-16(14(9-27)28-20)29-21(2,3)30-17/h1,5-8,10-11,14,16-17,20,27H,9H2,2-3H3,(H,22,23,25)/t14-,16-,17-,20-/m1/s1. The molecule has 2 aliphatic heterocycles. The van der Waals surface area contributed by atoms with Crippen LogP contribution in [-0.2, 0) is 14.2 Å². The van der Waals surface area contributed by atoms with Crippen molar-refractivity contribution < 1.29 is 19.3 Å². The van der Waals surface area contributed by atoms with Gasteiger partial charge in [-0.25, -0.2) is 15.0 Å². The Bertz CT molecular complexity index is 1140. The van der Waals surface area contributed by atoms with Gasteiger partial charge in [-0.1, -0.05) is 12.0 Å². The number of nitrogens with zero attached hydrogens (tertiary/aromatic N) is 4. The van der Waals surface area contributed by atoms with Crippen LogP contribution >= 0.6 is 0 Å². The van der Waals surface area contributed by atoms with Crippen molar-refractivity contribution >= 4 is 22.7 Å². The zero-order valence-electron chi connectivity index (χ0n) is 16.5. The van der Waals surface area contributed by atoms with Crippen molar-refractivity contribution in [3.8, 4) is 12.3 Å². The summed E-state index contributed by atoms with van der Waals surface area (Å²) in [6.07, 6.45) is 6.78. The zero-order chi connectivity index (χ0) is 20.9. The fraction of sp³-hybridized carbons (Fsp3) is 0.381. The van der Waals surface area contributed by atoms with Crippen LogP contribution in [-0.4, -0.2) is 55.3 Å². The third-order valence-corrected chi connectivity index (χ3v) is 5.23. The summed E-state index contributed by atoms with van der Waals surface area (Å²) in [5, 5.41) is 13.0. The van der Waals surface area contributed by atoms with Crippen LogP contribution in [0.3, 0.4) is 0 Å². The van der Waals surface area contributed by atoms with Crippen LogP contribution in [0.4, 0.5) is 11.5 Å². The Morgan fingerprint density at radius 1 is 1.23 bits per heavy atom. The van der Waals surface area contributed by atoms with Gasteiger partial charge in [-0.05, 0) is 32.0 Å². The Morgan fingerprint density at radius 3 is 2.87 bits per heavy atom. The van der Waals surface area contributed by atoms with Crippen molar-refractivity contribution in [2.24, 2.45) is 0 Å². The van der Waals surface area contributed by atoms with Gasteiger partial charge in [-0.3, -0.25) is 4.57 Å². The molecule has 9 nitrogen and oxygen atoms in total. The molecule has 0 amide bonds. The van der Waals surface area contributed by atoms with Crippen molar-refractivity contribution in [1.29, 1.82) is 0 Å². The van der Waals surface area contributed by atoms with Crippen LogP contribution in [0.25, 0.3) is 11.2 Å². The summed E-state index contributed by atoms with van der Waals surface area (Å²) in [6, 6.07) is 7.47. The largest absolute Gasteiger partial charge is 0.394 e. The number of fused-ring (bicyclic) bond motifs is 2. The summed E-state index contributed by atoms with van der Waals surface area (Å²) in [7, 11) is 0. The van der Waals surface area contributed by atoms with E-state index < -0.39 is 24.2 Å². The van der Waals surface area contributed by atoms with E-state index in [9.17, 15) is 5.11 Å². The maximum Gasteiger partial charge on any atom is 0.167 e. The summed E-state index contributed by atoms with van der Waals surface area (Å²) in [4.78, 5) is 13.2. The maximum absolute atomic E-state index is 9.73. The van der Waals surface area contributed by atoms with Crippen molar-refractivity contribution in [3.05, 3.63) is 42.5 Å². The molecule has 0 radical (unpaired) electrons. The summed E-state index contributed by atoms with van der Waals surface area (Å²) in [5.74, 6) is 2.40. The molecule has 2 fully saturated rings. The van der Waals surface area contributed by atoms with Gasteiger partial charge in [0.15, 0.2) is 29.0 Å². The van der Waals surface area contributed by atoms with Crippen molar-refractivity contribution in [2.45, 2.75) is 44.2 Å². The highest BCUT2D eigenvalue weighted by molar-refractivity contribution is 5.85. The molecule has 2 N–H and O–H groups in total. The molecular weight excluding hydrogens is 386 g/mol. The van der Waals surface area contributed by atoms with Gasteiger partial charge < -0.3 is 24.6 Å². The number of nitrogens with one attached hydrogen (secondary N) is 1. The summed E-state index contributed by atoms with van der Waals surface area (Å²) < 4.78 is 19.8. The number of anilines is 2. The molecule has 30 heavy (non-hydrogen) atoms. The molecule has 2 saturated heterocycles. The third kappa shape index (κ3) is 3.11. The van der Waals surface area contributed by atoms with Crippen LogP contribution < -0.4 is 5.32 Å². The molecule has 3 aromatic rings. The van der Waals surface area contributed by atoms with E-state index in [0.29, 0.717) is 17.0 Å². The monoisotopic (exact) mass is 407 g/mol. The molecule has 9 heteroatoms. The van der Waals surface area contributed by atoms with E-state index in [2.05, 4.69) is 26.2 Å². The van der Waals surface area contributed by atoms with Crippen molar-refractivity contribution in [3.63, 3.8) is 0 Å². The lowest BCUT2D eigenvalue weighted by Gasteiger charge is -2.24. The molecule has 2 aromatic heterocycles. The number of benzene rings is 1. The molecule has 4 heterocycles. The molecule has 5 rings (SSSR count). The van der Waals surface area contributed by atoms with Crippen LogP contribution in [0.1, 0.15) is 25.6 Å². The van der Waals surface area contributed by atoms with E-state index >= 15 is 0 Å². The minimum Gasteiger partial charge on any atom is -0.394 e. The number of rotatable bonds is 4. The van der Waals surface area contributed by atoms with E-state index in [0.717, 1.165) is 11.3 Å². The predicted molar refractivity (Wildman–Crippen MR) is 108 cm³/mol. The van der Waals surface area contributed by atoms with Gasteiger partial charge in [0.25, 0.3) is 0 Å². The topological polar surface area (TPSA) is 104 Å². The van der Waals surface area contributed by atoms with Crippen molar-refractivity contribution in [1.82, 2.24) is 19.5 Å². The minimum atomic E-state index is -0.759. The quantitative estimate of drug-likeness (QED) is 0.633. The molecule has 1 aromatic carbocycles. The second kappa shape index (κ2) is 7.04. The van der Waals surface area contributed by atoms with Gasteiger partial charge in [0.1, 0.15) is 24.6 Å². The zero-order valence-corrected chi connectivity index (χ0v) is 16.5. The summed E-state index contributed by atoms with van der Waals surface area (Å²) >= 11 is 0. The Balaban J connectivity index is 1.50. The molecular formula is C21H21N5O4. The smallest absolute Gasteiger partial charge is 0.167 e. The first-order valence-corrected chi connectivity index (χ1v) is 9.62. The maximum atomic E-state index is 9.73. The van der Waals surface area contributed by atoms with Crippen LogP contribution in [0, 0.1) is 12.3 Å². The number of aliphatic hydroxyl groups excluding tert-OH is 1. The first-order chi connectivity index (χ1) is 14.5. The first-order valence-electron chi connectivity index (χ1n) is 9.62. The first kappa shape index (κ1) is 19.0. The number of terminal acetylenes is 1. The van der Waals surface area contributed by atoms with Gasteiger partial charge >= 0.3 is 0 Å². The van der Waals surface area contributed by atoms with E-state index in [-0.39, 0.29) is 12.7 Å². The normalized spacial score (nSPS) is 27.1. The second-order valence-corrected chi connectivity index (χ2v) is 7.71. The molecule has 154 valence electrons. The highest BCUT2D eigenvalue weighted by Gasteiger charge is 2.55. The van der Waals surface area contributed by atoms with Crippen LogP contribution in [0.2, 0.25) is 0 Å². The highest BCUT2D eigenvalue weighted by atomic mass is 16.8. The lowest BCUT2D eigenvalue weighted by molar-refractivity contribution is -0.199. The number of hydrogen-bond acceptors (Lipinski definition) is 8. The number of ether oxygens (including phenoxy) is 3. The van der Waals surface area contributed by atoms with Crippen LogP contribution in [0.15, 0.2) is 36.9 Å². The predicted octanol–water partition coefficient (Wildman–Crippen LogP) is 1.96. The van der Waals surface area contributed by atoms with Crippen LogP contribution in [0.5, 0.6) is 0 Å². The van der Waals surface area contributed by atoms with E-state index in [4.69, 9.17) is 20.6 Å². The minimum absolute atomic E-state index is 0.170. The molecule has 0 saturated carbocycles. The second-order valence-electron chi connectivity index (χ2n) is 7.71. The Hall–Kier alpha value is -3.03. The lowest BCUT2D eigenvalue weighted by Crippen LogP contribution is -2.31. The fourth-order valence-corrected chi connectivity index (χ4v) is 3.98. The van der Waals surface area contributed by atoms with Gasteiger partial charge in [-0.2, -0.15) is 0 Å².